The molecule has 4 nitrogen and oxygen atoms in total. The van der Waals surface area contributed by atoms with E-state index in [0.717, 1.165) is 11.3 Å². The molecule has 0 aliphatic rings. The smallest absolute Gasteiger partial charge is 0.141 e. The average molecular weight is 220 g/mol. The summed E-state index contributed by atoms with van der Waals surface area (Å²) < 4.78 is 12.9. The molecule has 5 heteroatoms. The molecule has 2 aromatic heterocycles. The van der Waals surface area contributed by atoms with E-state index in [1.165, 1.54) is 12.3 Å². The Labute approximate surface area is 92.9 Å². The molecule has 2 heterocycles. The van der Waals surface area contributed by atoms with E-state index in [0.29, 0.717) is 6.54 Å². The zero-order chi connectivity index (χ0) is 11.4. The van der Waals surface area contributed by atoms with Gasteiger partial charge in [0.05, 0.1) is 12.5 Å². The van der Waals surface area contributed by atoms with E-state index >= 15 is 0 Å². The molecule has 2 aromatic rings. The van der Waals surface area contributed by atoms with Gasteiger partial charge in [0.15, 0.2) is 0 Å². The minimum Gasteiger partial charge on any atom is -0.347 e. The van der Waals surface area contributed by atoms with Crippen molar-refractivity contribution in [3.05, 3.63) is 48.1 Å². The summed E-state index contributed by atoms with van der Waals surface area (Å²) in [6.07, 6.45) is 6.24. The lowest BCUT2D eigenvalue weighted by Gasteiger charge is -2.12. The molecule has 0 saturated carbocycles. The van der Waals surface area contributed by atoms with Crippen molar-refractivity contribution in [1.29, 1.82) is 0 Å². The Balaban J connectivity index is 1.95. The lowest BCUT2D eigenvalue weighted by atomic mass is 10.1. The molecule has 0 aliphatic heterocycles. The van der Waals surface area contributed by atoms with Crippen LogP contribution in [0, 0.1) is 5.82 Å². The number of nitrogens with zero attached hydrogens (tertiary/aromatic N) is 2. The predicted molar refractivity (Wildman–Crippen MR) is 58.0 cm³/mol. The van der Waals surface area contributed by atoms with Crippen LogP contribution in [-0.4, -0.2) is 15.0 Å². The fourth-order valence-electron chi connectivity index (χ4n) is 1.43. The Kier molecular flexibility index (Phi) is 3.26. The summed E-state index contributed by atoms with van der Waals surface area (Å²) in [6, 6.07) is 1.53. The Hall–Kier alpha value is -1.75. The summed E-state index contributed by atoms with van der Waals surface area (Å²) in [4.78, 5) is 10.7. The van der Waals surface area contributed by atoms with Crippen LogP contribution in [0.3, 0.4) is 0 Å². The number of hydrogen-bond donors (Lipinski definition) is 2. The van der Waals surface area contributed by atoms with Crippen LogP contribution in [0.4, 0.5) is 4.39 Å². The highest BCUT2D eigenvalue weighted by Gasteiger charge is 2.06. The number of aromatic nitrogens is 3. The molecule has 0 saturated heterocycles. The third-order valence-electron chi connectivity index (χ3n) is 2.38. The third-order valence-corrected chi connectivity index (χ3v) is 2.38. The molecule has 2 rings (SSSR count). The first kappa shape index (κ1) is 10.8. The van der Waals surface area contributed by atoms with Crippen LogP contribution in [0.25, 0.3) is 0 Å². The summed E-state index contributed by atoms with van der Waals surface area (Å²) in [5.74, 6) is -0.312. The molecule has 0 radical (unpaired) electrons. The maximum atomic E-state index is 12.9. The molecule has 0 spiro atoms. The number of hydrogen-bond acceptors (Lipinski definition) is 3. The summed E-state index contributed by atoms with van der Waals surface area (Å²) in [6.45, 7) is 2.63. The normalized spacial score (nSPS) is 12.6. The van der Waals surface area contributed by atoms with E-state index in [1.807, 2.05) is 6.92 Å². The van der Waals surface area contributed by atoms with Crippen molar-refractivity contribution < 1.29 is 4.39 Å². The van der Waals surface area contributed by atoms with Gasteiger partial charge in [-0.05, 0) is 18.6 Å². The number of imidazole rings is 1. The SMILES string of the molecule is CC(NCc1cnc[nH]1)c1cncc(F)c1. The number of halogens is 1. The number of pyridine rings is 1. The Morgan fingerprint density at radius 1 is 1.38 bits per heavy atom. The van der Waals surface area contributed by atoms with Crippen molar-refractivity contribution in [1.82, 2.24) is 20.3 Å². The molecule has 0 amide bonds. The second-order valence-corrected chi connectivity index (χ2v) is 3.62. The Morgan fingerprint density at radius 2 is 2.25 bits per heavy atom. The van der Waals surface area contributed by atoms with E-state index in [1.54, 1.807) is 18.7 Å². The molecule has 2 N–H and O–H groups in total. The molecule has 0 fully saturated rings. The number of rotatable bonds is 4. The predicted octanol–water partition coefficient (Wildman–Crippen LogP) is 1.79. The van der Waals surface area contributed by atoms with Crippen LogP contribution in [0.1, 0.15) is 24.2 Å². The van der Waals surface area contributed by atoms with Gasteiger partial charge < -0.3 is 10.3 Å². The second kappa shape index (κ2) is 4.85. The van der Waals surface area contributed by atoms with Gasteiger partial charge in [-0.15, -0.1) is 0 Å². The summed E-state index contributed by atoms with van der Waals surface area (Å²) in [5.41, 5.74) is 1.83. The topological polar surface area (TPSA) is 53.6 Å². The van der Waals surface area contributed by atoms with Gasteiger partial charge in [0.2, 0.25) is 0 Å². The van der Waals surface area contributed by atoms with Crippen LogP contribution in [-0.2, 0) is 6.54 Å². The highest BCUT2D eigenvalue weighted by Crippen LogP contribution is 2.12. The van der Waals surface area contributed by atoms with E-state index in [4.69, 9.17) is 0 Å². The summed E-state index contributed by atoms with van der Waals surface area (Å²) in [7, 11) is 0. The van der Waals surface area contributed by atoms with Crippen molar-refractivity contribution in [2.45, 2.75) is 19.5 Å². The number of aromatic amines is 1. The largest absolute Gasteiger partial charge is 0.347 e. The fourth-order valence-corrected chi connectivity index (χ4v) is 1.43. The average Bonchev–Trinajstić information content (AvgIpc) is 2.78. The zero-order valence-corrected chi connectivity index (χ0v) is 8.94. The quantitative estimate of drug-likeness (QED) is 0.826. The first-order valence-electron chi connectivity index (χ1n) is 5.07. The van der Waals surface area contributed by atoms with Crippen LogP contribution in [0.15, 0.2) is 31.0 Å². The van der Waals surface area contributed by atoms with E-state index < -0.39 is 0 Å². The molecule has 0 aromatic carbocycles. The molecule has 16 heavy (non-hydrogen) atoms. The van der Waals surface area contributed by atoms with Gasteiger partial charge in [-0.1, -0.05) is 0 Å². The van der Waals surface area contributed by atoms with Gasteiger partial charge in [-0.25, -0.2) is 9.37 Å². The van der Waals surface area contributed by atoms with Gasteiger partial charge in [-0.3, -0.25) is 4.98 Å². The van der Waals surface area contributed by atoms with Gasteiger partial charge >= 0.3 is 0 Å². The first-order chi connectivity index (χ1) is 7.75. The zero-order valence-electron chi connectivity index (χ0n) is 8.94. The molecule has 1 unspecified atom stereocenters. The molecule has 0 aliphatic carbocycles. The van der Waals surface area contributed by atoms with E-state index in [9.17, 15) is 4.39 Å². The molecular weight excluding hydrogens is 207 g/mol. The molecular formula is C11H13FN4. The minimum atomic E-state index is -0.312. The second-order valence-electron chi connectivity index (χ2n) is 3.62. The van der Waals surface area contributed by atoms with Crippen LogP contribution in [0.2, 0.25) is 0 Å². The van der Waals surface area contributed by atoms with Crippen molar-refractivity contribution in [3.63, 3.8) is 0 Å². The van der Waals surface area contributed by atoms with Gasteiger partial charge in [0, 0.05) is 30.7 Å². The molecule has 1 atom stereocenters. The van der Waals surface area contributed by atoms with Crippen molar-refractivity contribution in [3.8, 4) is 0 Å². The minimum absolute atomic E-state index is 0.0477. The number of nitrogens with one attached hydrogen (secondary N) is 2. The summed E-state index contributed by atoms with van der Waals surface area (Å²) in [5, 5.41) is 3.25. The van der Waals surface area contributed by atoms with Crippen molar-refractivity contribution in [2.75, 3.05) is 0 Å². The van der Waals surface area contributed by atoms with Crippen LogP contribution < -0.4 is 5.32 Å². The molecule has 84 valence electrons. The highest BCUT2D eigenvalue weighted by molar-refractivity contribution is 5.14. The van der Waals surface area contributed by atoms with Crippen LogP contribution >= 0.6 is 0 Å². The van der Waals surface area contributed by atoms with Gasteiger partial charge in [0.25, 0.3) is 0 Å². The van der Waals surface area contributed by atoms with Gasteiger partial charge in [-0.2, -0.15) is 0 Å². The first-order valence-corrected chi connectivity index (χ1v) is 5.07. The van der Waals surface area contributed by atoms with Crippen molar-refractivity contribution in [2.24, 2.45) is 0 Å². The highest BCUT2D eigenvalue weighted by atomic mass is 19.1. The molecule has 0 bridgehead atoms. The summed E-state index contributed by atoms with van der Waals surface area (Å²) >= 11 is 0. The van der Waals surface area contributed by atoms with Crippen molar-refractivity contribution >= 4 is 0 Å². The fraction of sp³-hybridized carbons (Fsp3) is 0.273. The maximum Gasteiger partial charge on any atom is 0.141 e. The van der Waals surface area contributed by atoms with E-state index in [2.05, 4.69) is 20.3 Å². The lowest BCUT2D eigenvalue weighted by molar-refractivity contribution is 0.556. The lowest BCUT2D eigenvalue weighted by Crippen LogP contribution is -2.18. The van der Waals surface area contributed by atoms with E-state index in [-0.39, 0.29) is 11.9 Å². The van der Waals surface area contributed by atoms with Gasteiger partial charge in [0.1, 0.15) is 5.82 Å². The third kappa shape index (κ3) is 2.64. The number of H-pyrrole nitrogens is 1. The standard InChI is InChI=1S/C11H13FN4/c1-8(9-2-10(12)4-13-3-9)15-6-11-5-14-7-16-11/h2-5,7-8,15H,6H2,1H3,(H,14,16). The van der Waals surface area contributed by atoms with Crippen LogP contribution in [0.5, 0.6) is 0 Å². The monoisotopic (exact) mass is 220 g/mol. The Morgan fingerprint density at radius 3 is 2.94 bits per heavy atom. The maximum absolute atomic E-state index is 12.9. The Bertz CT molecular complexity index is 441.